The molecule has 7 heteroatoms. The van der Waals surface area contributed by atoms with Gasteiger partial charge in [-0.05, 0) is 37.4 Å². The van der Waals surface area contributed by atoms with Gasteiger partial charge in [-0.1, -0.05) is 12.1 Å². The van der Waals surface area contributed by atoms with Crippen molar-refractivity contribution in [1.29, 1.82) is 5.26 Å². The predicted octanol–water partition coefficient (Wildman–Crippen LogP) is 3.78. The number of rotatable bonds is 7. The highest BCUT2D eigenvalue weighted by molar-refractivity contribution is 7.97. The normalized spacial score (nSPS) is 10.6. The minimum atomic E-state index is -0.425. The first kappa shape index (κ1) is 18.8. The fourth-order valence-electron chi connectivity index (χ4n) is 2.76. The molecule has 1 heterocycles. The molecule has 0 bridgehead atoms. The Labute approximate surface area is 161 Å². The zero-order valence-electron chi connectivity index (χ0n) is 15.1. The zero-order valence-corrected chi connectivity index (χ0v) is 16.0. The summed E-state index contributed by atoms with van der Waals surface area (Å²) in [5.41, 5.74) is 2.19. The molecule has 0 atom stereocenters. The van der Waals surface area contributed by atoms with Gasteiger partial charge in [-0.25, -0.2) is 9.78 Å². The molecule has 0 N–H and O–H groups in total. The van der Waals surface area contributed by atoms with Crippen LogP contribution < -0.4 is 9.47 Å². The average Bonchev–Trinajstić information content (AvgIpc) is 3.01. The van der Waals surface area contributed by atoms with Crippen LogP contribution in [0.4, 0.5) is 0 Å². The molecular formula is C20H19N3O3S. The Bertz CT molecular complexity index is 1010. The van der Waals surface area contributed by atoms with Crippen molar-refractivity contribution in [3.8, 4) is 17.6 Å². The summed E-state index contributed by atoms with van der Waals surface area (Å²) in [5.74, 6) is 1.78. The molecule has 27 heavy (non-hydrogen) atoms. The van der Waals surface area contributed by atoms with Gasteiger partial charge < -0.3 is 14.0 Å². The van der Waals surface area contributed by atoms with Gasteiger partial charge >= 0.3 is 5.97 Å². The second-order valence-electron chi connectivity index (χ2n) is 5.72. The summed E-state index contributed by atoms with van der Waals surface area (Å²) in [6, 6.07) is 14.5. The van der Waals surface area contributed by atoms with Gasteiger partial charge in [0.05, 0.1) is 35.0 Å². The summed E-state index contributed by atoms with van der Waals surface area (Å²) in [7, 11) is 0. The summed E-state index contributed by atoms with van der Waals surface area (Å²) >= 11 is 1.64. The van der Waals surface area contributed by atoms with Gasteiger partial charge in [0.2, 0.25) is 0 Å². The molecule has 0 fully saturated rings. The number of carbonyl (C=O) groups excluding carboxylic acids is 1. The molecule has 0 radical (unpaired) electrons. The maximum absolute atomic E-state index is 12.6. The molecule has 0 saturated carbocycles. The summed E-state index contributed by atoms with van der Waals surface area (Å²) < 4.78 is 12.9. The number of hydrogen-bond acceptors (Lipinski definition) is 6. The fraction of sp³-hybridized carbons (Fsp3) is 0.250. The molecule has 0 aliphatic heterocycles. The van der Waals surface area contributed by atoms with Gasteiger partial charge in [0.1, 0.15) is 12.4 Å². The number of benzene rings is 2. The van der Waals surface area contributed by atoms with Gasteiger partial charge in [0.15, 0.2) is 11.5 Å². The Balaban J connectivity index is 1.86. The van der Waals surface area contributed by atoms with Crippen LogP contribution in [0.5, 0.6) is 11.5 Å². The number of nitriles is 1. The molecule has 3 aromatic rings. The molecule has 0 aliphatic rings. The molecular weight excluding hydrogens is 362 g/mol. The van der Waals surface area contributed by atoms with Crippen molar-refractivity contribution in [2.75, 3.05) is 12.9 Å². The molecule has 3 rings (SSSR count). The number of esters is 1. The quantitative estimate of drug-likeness (QED) is 0.458. The number of carbonyl (C=O) groups is 1. The van der Waals surface area contributed by atoms with E-state index in [9.17, 15) is 4.79 Å². The minimum Gasteiger partial charge on any atom is -0.490 e. The van der Waals surface area contributed by atoms with Crippen LogP contribution >= 0.6 is 11.8 Å². The lowest BCUT2D eigenvalue weighted by Gasteiger charge is -2.12. The first-order chi connectivity index (χ1) is 13.2. The van der Waals surface area contributed by atoms with Crippen LogP contribution in [0.2, 0.25) is 0 Å². The van der Waals surface area contributed by atoms with E-state index in [2.05, 4.69) is 4.98 Å². The second kappa shape index (κ2) is 8.60. The van der Waals surface area contributed by atoms with Crippen molar-refractivity contribution >= 4 is 28.8 Å². The highest BCUT2D eigenvalue weighted by Crippen LogP contribution is 2.29. The molecule has 0 amide bonds. The number of fused-ring (bicyclic) bond motifs is 1. The molecule has 2 aromatic carbocycles. The van der Waals surface area contributed by atoms with Crippen molar-refractivity contribution in [3.05, 3.63) is 53.9 Å². The highest BCUT2D eigenvalue weighted by atomic mass is 32.2. The Morgan fingerprint density at radius 1 is 1.26 bits per heavy atom. The summed E-state index contributed by atoms with van der Waals surface area (Å²) in [6.07, 6.45) is 1.99. The van der Waals surface area contributed by atoms with Crippen LogP contribution in [0.15, 0.2) is 42.5 Å². The summed E-state index contributed by atoms with van der Waals surface area (Å²) in [4.78, 5) is 17.2. The van der Waals surface area contributed by atoms with E-state index in [1.165, 1.54) is 0 Å². The van der Waals surface area contributed by atoms with E-state index < -0.39 is 5.97 Å². The Kier molecular flexibility index (Phi) is 5.99. The fourth-order valence-corrected chi connectivity index (χ4v) is 3.23. The Morgan fingerprint density at radius 3 is 2.81 bits per heavy atom. The molecule has 1 aromatic heterocycles. The maximum Gasteiger partial charge on any atom is 0.331 e. The van der Waals surface area contributed by atoms with Gasteiger partial charge in [-0.3, -0.25) is 0 Å². The van der Waals surface area contributed by atoms with E-state index in [0.717, 1.165) is 16.9 Å². The van der Waals surface area contributed by atoms with Crippen LogP contribution in [0.3, 0.4) is 0 Å². The number of thioether (sulfide) groups is 1. The van der Waals surface area contributed by atoms with Crippen LogP contribution in [0.1, 0.15) is 18.3 Å². The van der Waals surface area contributed by atoms with E-state index in [0.29, 0.717) is 29.4 Å². The predicted molar refractivity (Wildman–Crippen MR) is 105 cm³/mol. The van der Waals surface area contributed by atoms with E-state index in [1.54, 1.807) is 30.0 Å². The zero-order chi connectivity index (χ0) is 19.2. The van der Waals surface area contributed by atoms with Gasteiger partial charge in [-0.15, -0.1) is 0 Å². The van der Waals surface area contributed by atoms with Crippen molar-refractivity contribution in [3.63, 3.8) is 0 Å². The smallest absolute Gasteiger partial charge is 0.331 e. The van der Waals surface area contributed by atoms with Crippen LogP contribution in [-0.2, 0) is 17.1 Å². The van der Waals surface area contributed by atoms with E-state index in [4.69, 9.17) is 14.7 Å². The molecule has 0 unspecified atom stereocenters. The third-order valence-electron chi connectivity index (χ3n) is 3.89. The van der Waals surface area contributed by atoms with Gasteiger partial charge in [0, 0.05) is 6.07 Å². The Hall–Kier alpha value is -2.98. The molecule has 0 spiro atoms. The van der Waals surface area contributed by atoms with Crippen LogP contribution in [0.25, 0.3) is 11.0 Å². The lowest BCUT2D eigenvalue weighted by atomic mass is 10.2. The maximum atomic E-state index is 12.6. The van der Waals surface area contributed by atoms with Crippen molar-refractivity contribution in [2.45, 2.75) is 19.2 Å². The average molecular weight is 381 g/mol. The topological polar surface area (TPSA) is 77.1 Å². The number of imidazole rings is 1. The number of nitrogens with zero attached hydrogens (tertiary/aromatic N) is 3. The van der Waals surface area contributed by atoms with Crippen LogP contribution in [-0.4, -0.2) is 28.4 Å². The Morgan fingerprint density at radius 2 is 2.07 bits per heavy atom. The second-order valence-corrected chi connectivity index (χ2v) is 6.58. The lowest BCUT2D eigenvalue weighted by molar-refractivity contribution is -0.135. The first-order valence-corrected chi connectivity index (χ1v) is 9.86. The van der Waals surface area contributed by atoms with Crippen molar-refractivity contribution < 1.29 is 14.3 Å². The van der Waals surface area contributed by atoms with Gasteiger partial charge in [0.25, 0.3) is 0 Å². The van der Waals surface area contributed by atoms with E-state index >= 15 is 0 Å². The number of ether oxygens (including phenoxy) is 2. The molecule has 0 saturated heterocycles. The summed E-state index contributed by atoms with van der Waals surface area (Å²) in [5, 5.41) is 9.03. The SMILES string of the molecule is CCOc1cc(C#N)ccc1OC(=O)Cn1c(CSC)nc2ccccc21. The van der Waals surface area contributed by atoms with Gasteiger partial charge in [-0.2, -0.15) is 17.0 Å². The number of para-hydroxylation sites is 2. The third kappa shape index (κ3) is 4.23. The monoisotopic (exact) mass is 381 g/mol. The third-order valence-corrected chi connectivity index (χ3v) is 4.44. The van der Waals surface area contributed by atoms with Crippen LogP contribution in [0, 0.1) is 11.3 Å². The summed E-state index contributed by atoms with van der Waals surface area (Å²) in [6.45, 7) is 2.28. The van der Waals surface area contributed by atoms with Crippen molar-refractivity contribution in [2.24, 2.45) is 0 Å². The first-order valence-electron chi connectivity index (χ1n) is 8.47. The molecule has 6 nitrogen and oxygen atoms in total. The highest BCUT2D eigenvalue weighted by Gasteiger charge is 2.16. The van der Waals surface area contributed by atoms with E-state index in [-0.39, 0.29) is 6.54 Å². The van der Waals surface area contributed by atoms with E-state index in [1.807, 2.05) is 48.1 Å². The molecule has 0 aliphatic carbocycles. The molecule has 138 valence electrons. The minimum absolute atomic E-state index is 0.0436. The van der Waals surface area contributed by atoms with Crippen molar-refractivity contribution in [1.82, 2.24) is 9.55 Å². The standard InChI is InChI=1S/C20H19N3O3S/c1-3-25-18-10-14(11-21)8-9-17(18)26-20(24)12-23-16-7-5-4-6-15(16)22-19(23)13-27-2/h4-10H,3,12-13H2,1-2H3. The number of hydrogen-bond donors (Lipinski definition) is 0. The lowest BCUT2D eigenvalue weighted by Crippen LogP contribution is -2.18. The number of aromatic nitrogens is 2. The largest absolute Gasteiger partial charge is 0.490 e.